The van der Waals surface area contributed by atoms with Crippen molar-refractivity contribution in [3.8, 4) is 0 Å². The fraction of sp³-hybridized carbons (Fsp3) is 0.529. The molecule has 1 aromatic rings. The predicted molar refractivity (Wildman–Crippen MR) is 78.3 cm³/mol. The quantitative estimate of drug-likeness (QED) is 0.803. The lowest BCUT2D eigenvalue weighted by Gasteiger charge is -2.27. The lowest BCUT2D eigenvalue weighted by atomic mass is 9.94. The fourth-order valence-electron chi connectivity index (χ4n) is 3.41. The van der Waals surface area contributed by atoms with Gasteiger partial charge >= 0.3 is 5.97 Å². The van der Waals surface area contributed by atoms with Crippen LogP contribution in [0.15, 0.2) is 30.3 Å². The van der Waals surface area contributed by atoms with E-state index in [9.17, 15) is 9.59 Å². The molecule has 1 amide bonds. The molecule has 1 aromatic carbocycles. The molecule has 0 aromatic heterocycles. The van der Waals surface area contributed by atoms with Crippen LogP contribution in [-0.2, 0) is 20.9 Å². The summed E-state index contributed by atoms with van der Waals surface area (Å²) in [5.41, 5.74) is 0.999. The Kier molecular flexibility index (Phi) is 4.23. The van der Waals surface area contributed by atoms with Gasteiger partial charge in [-0.15, -0.1) is 0 Å². The molecule has 112 valence electrons. The summed E-state index contributed by atoms with van der Waals surface area (Å²) in [6, 6.07) is 9.78. The minimum atomic E-state index is -0.150. The maximum absolute atomic E-state index is 12.4. The summed E-state index contributed by atoms with van der Waals surface area (Å²) in [5.74, 6) is -0.101. The Bertz CT molecular complexity index is 514. The van der Waals surface area contributed by atoms with Crippen molar-refractivity contribution in [1.82, 2.24) is 4.90 Å². The molecule has 2 fully saturated rings. The first-order chi connectivity index (χ1) is 10.3. The van der Waals surface area contributed by atoms with E-state index in [1.54, 1.807) is 0 Å². The second-order valence-corrected chi connectivity index (χ2v) is 5.89. The van der Waals surface area contributed by atoms with Gasteiger partial charge in [-0.1, -0.05) is 36.8 Å². The molecule has 0 N–H and O–H groups in total. The number of hydrogen-bond acceptors (Lipinski definition) is 3. The summed E-state index contributed by atoms with van der Waals surface area (Å²) in [5, 5.41) is 0. The van der Waals surface area contributed by atoms with E-state index in [1.165, 1.54) is 0 Å². The lowest BCUT2D eigenvalue weighted by Crippen LogP contribution is -2.40. The maximum atomic E-state index is 12.4. The second-order valence-electron chi connectivity index (χ2n) is 5.89. The molecule has 4 nitrogen and oxygen atoms in total. The molecule has 0 aliphatic carbocycles. The molecule has 2 aliphatic heterocycles. The second kappa shape index (κ2) is 6.29. The van der Waals surface area contributed by atoms with E-state index >= 15 is 0 Å². The monoisotopic (exact) mass is 287 g/mol. The standard InChI is InChI=1S/C17H21NO3/c19-16-10-9-15-14(8-4-5-11-18(15)16)17(20)21-12-13-6-2-1-3-7-13/h1-3,6-7,14-15H,4-5,8-12H2/t14-,15-/m0/s1. The van der Waals surface area contributed by atoms with Crippen LogP contribution >= 0.6 is 0 Å². The molecule has 2 heterocycles. The number of benzene rings is 1. The molecule has 0 bridgehead atoms. The molecule has 2 aliphatic rings. The molecule has 0 radical (unpaired) electrons. The van der Waals surface area contributed by atoms with Crippen molar-refractivity contribution in [1.29, 1.82) is 0 Å². The van der Waals surface area contributed by atoms with Gasteiger partial charge in [-0.05, 0) is 24.8 Å². The van der Waals surface area contributed by atoms with E-state index in [4.69, 9.17) is 4.74 Å². The number of carbonyl (C=O) groups excluding carboxylic acids is 2. The summed E-state index contributed by atoms with van der Waals surface area (Å²) < 4.78 is 5.49. The predicted octanol–water partition coefficient (Wildman–Crippen LogP) is 2.52. The Labute approximate surface area is 125 Å². The van der Waals surface area contributed by atoms with Crippen LogP contribution in [0.2, 0.25) is 0 Å². The zero-order chi connectivity index (χ0) is 14.7. The van der Waals surface area contributed by atoms with Crippen LogP contribution in [0.4, 0.5) is 0 Å². The molecule has 0 spiro atoms. The van der Waals surface area contributed by atoms with E-state index < -0.39 is 0 Å². The molecule has 2 saturated heterocycles. The maximum Gasteiger partial charge on any atom is 0.311 e. The number of carbonyl (C=O) groups is 2. The molecule has 3 rings (SSSR count). The Hall–Kier alpha value is -1.84. The third kappa shape index (κ3) is 3.09. The number of amides is 1. The first-order valence-corrected chi connectivity index (χ1v) is 7.76. The molecule has 2 atom stereocenters. The minimum absolute atomic E-state index is 0.0586. The van der Waals surface area contributed by atoms with Crippen LogP contribution < -0.4 is 0 Å². The van der Waals surface area contributed by atoms with Crippen LogP contribution in [0.1, 0.15) is 37.7 Å². The van der Waals surface area contributed by atoms with Gasteiger partial charge in [0.1, 0.15) is 6.61 Å². The Morgan fingerprint density at radius 1 is 1.19 bits per heavy atom. The number of hydrogen-bond donors (Lipinski definition) is 0. The number of fused-ring (bicyclic) bond motifs is 1. The zero-order valence-corrected chi connectivity index (χ0v) is 12.2. The Morgan fingerprint density at radius 3 is 2.81 bits per heavy atom. The largest absolute Gasteiger partial charge is 0.461 e. The van der Waals surface area contributed by atoms with E-state index in [0.29, 0.717) is 13.0 Å². The fourth-order valence-corrected chi connectivity index (χ4v) is 3.41. The van der Waals surface area contributed by atoms with Gasteiger partial charge in [0.15, 0.2) is 0 Å². The normalized spacial score (nSPS) is 25.3. The number of nitrogens with zero attached hydrogens (tertiary/aromatic N) is 1. The van der Waals surface area contributed by atoms with Crippen LogP contribution in [-0.4, -0.2) is 29.4 Å². The van der Waals surface area contributed by atoms with Crippen molar-refractivity contribution >= 4 is 11.9 Å². The van der Waals surface area contributed by atoms with Crippen molar-refractivity contribution in [2.75, 3.05) is 6.54 Å². The van der Waals surface area contributed by atoms with Crippen molar-refractivity contribution < 1.29 is 14.3 Å². The molecular weight excluding hydrogens is 266 g/mol. The summed E-state index contributed by atoms with van der Waals surface area (Å²) in [7, 11) is 0. The first-order valence-electron chi connectivity index (χ1n) is 7.76. The van der Waals surface area contributed by atoms with Crippen molar-refractivity contribution in [2.45, 2.75) is 44.8 Å². The third-order valence-corrected chi connectivity index (χ3v) is 4.53. The van der Waals surface area contributed by atoms with E-state index in [-0.39, 0.29) is 23.8 Å². The Morgan fingerprint density at radius 2 is 2.00 bits per heavy atom. The third-order valence-electron chi connectivity index (χ3n) is 4.53. The number of rotatable bonds is 3. The first kappa shape index (κ1) is 14.1. The molecule has 0 saturated carbocycles. The van der Waals surface area contributed by atoms with E-state index in [1.807, 2.05) is 35.2 Å². The van der Waals surface area contributed by atoms with Crippen molar-refractivity contribution in [2.24, 2.45) is 5.92 Å². The molecule has 4 heteroatoms. The molecule has 0 unspecified atom stereocenters. The van der Waals surface area contributed by atoms with Crippen LogP contribution in [0.25, 0.3) is 0 Å². The van der Waals surface area contributed by atoms with Gasteiger partial charge in [-0.25, -0.2) is 0 Å². The molecular formula is C17H21NO3. The Balaban J connectivity index is 1.64. The SMILES string of the molecule is O=C(OCc1ccccc1)[C@H]1CCCCN2C(=O)CC[C@@H]12. The summed E-state index contributed by atoms with van der Waals surface area (Å²) >= 11 is 0. The van der Waals surface area contributed by atoms with E-state index in [0.717, 1.165) is 37.8 Å². The van der Waals surface area contributed by atoms with Gasteiger partial charge in [-0.2, -0.15) is 0 Å². The van der Waals surface area contributed by atoms with Gasteiger partial charge in [0.2, 0.25) is 5.91 Å². The number of ether oxygens (including phenoxy) is 1. The smallest absolute Gasteiger partial charge is 0.311 e. The van der Waals surface area contributed by atoms with E-state index in [2.05, 4.69) is 0 Å². The van der Waals surface area contributed by atoms with Gasteiger partial charge in [0, 0.05) is 19.0 Å². The van der Waals surface area contributed by atoms with Gasteiger partial charge < -0.3 is 9.64 Å². The summed E-state index contributed by atoms with van der Waals surface area (Å²) in [6.07, 6.45) is 4.19. The molecule has 21 heavy (non-hydrogen) atoms. The minimum Gasteiger partial charge on any atom is -0.461 e. The topological polar surface area (TPSA) is 46.6 Å². The summed E-state index contributed by atoms with van der Waals surface area (Å²) in [4.78, 5) is 26.2. The highest BCUT2D eigenvalue weighted by molar-refractivity contribution is 5.81. The van der Waals surface area contributed by atoms with Crippen molar-refractivity contribution in [3.63, 3.8) is 0 Å². The van der Waals surface area contributed by atoms with Crippen LogP contribution in [0, 0.1) is 5.92 Å². The zero-order valence-electron chi connectivity index (χ0n) is 12.2. The van der Waals surface area contributed by atoms with Gasteiger partial charge in [0.25, 0.3) is 0 Å². The van der Waals surface area contributed by atoms with Crippen molar-refractivity contribution in [3.05, 3.63) is 35.9 Å². The van der Waals surface area contributed by atoms with Gasteiger partial charge in [0.05, 0.1) is 5.92 Å². The van der Waals surface area contributed by atoms with Gasteiger partial charge in [-0.3, -0.25) is 9.59 Å². The average Bonchev–Trinajstić information content (AvgIpc) is 2.75. The summed E-state index contributed by atoms with van der Waals surface area (Å²) in [6.45, 7) is 1.11. The highest BCUT2D eigenvalue weighted by Crippen LogP contribution is 2.32. The lowest BCUT2D eigenvalue weighted by molar-refractivity contribution is -0.152. The highest BCUT2D eigenvalue weighted by Gasteiger charge is 2.41. The highest BCUT2D eigenvalue weighted by atomic mass is 16.5. The average molecular weight is 287 g/mol. The van der Waals surface area contributed by atoms with Crippen LogP contribution in [0.3, 0.4) is 0 Å². The van der Waals surface area contributed by atoms with Crippen LogP contribution in [0.5, 0.6) is 0 Å². The number of esters is 1.